The Balaban J connectivity index is 1.43. The van der Waals surface area contributed by atoms with Crippen LogP contribution in [0.1, 0.15) is 24.5 Å². The summed E-state index contributed by atoms with van der Waals surface area (Å²) in [5, 5.41) is 16.6. The zero-order valence-corrected chi connectivity index (χ0v) is 17.6. The number of fused-ring (bicyclic) bond motifs is 3. The molecule has 0 bridgehead atoms. The number of anilines is 1. The molecule has 0 saturated carbocycles. The maximum absolute atomic E-state index is 12.4. The van der Waals surface area contributed by atoms with Crippen molar-refractivity contribution >= 4 is 17.7 Å². The first kappa shape index (κ1) is 20.1. The van der Waals surface area contributed by atoms with E-state index in [9.17, 15) is 14.7 Å². The van der Waals surface area contributed by atoms with Crippen molar-refractivity contribution in [1.29, 1.82) is 0 Å². The molecule has 164 valence electrons. The summed E-state index contributed by atoms with van der Waals surface area (Å²) < 4.78 is 11.2. The molecule has 5 rings (SSSR count). The summed E-state index contributed by atoms with van der Waals surface area (Å²) in [5.74, 6) is 0.805. The van der Waals surface area contributed by atoms with E-state index in [1.54, 1.807) is 17.0 Å². The molecule has 1 saturated heterocycles. The summed E-state index contributed by atoms with van der Waals surface area (Å²) in [6, 6.07) is 12.8. The summed E-state index contributed by atoms with van der Waals surface area (Å²) in [5.41, 5.74) is 5.58. The number of nitrogens with one attached hydrogen (secondary N) is 1. The summed E-state index contributed by atoms with van der Waals surface area (Å²) in [7, 11) is 0. The Kier molecular flexibility index (Phi) is 5.05. The average Bonchev–Trinajstić information content (AvgIpc) is 3.31. The Morgan fingerprint density at radius 2 is 2.03 bits per heavy atom. The van der Waals surface area contributed by atoms with E-state index in [4.69, 9.17) is 9.26 Å². The van der Waals surface area contributed by atoms with Gasteiger partial charge in [-0.1, -0.05) is 5.16 Å². The number of hydrogen-bond acceptors (Lipinski definition) is 6. The molecule has 2 aliphatic rings. The fourth-order valence-electron chi connectivity index (χ4n) is 4.33. The van der Waals surface area contributed by atoms with E-state index in [1.807, 2.05) is 30.3 Å². The molecular weight excluding hydrogens is 410 g/mol. The van der Waals surface area contributed by atoms with Crippen molar-refractivity contribution in [2.45, 2.75) is 32.3 Å². The molecule has 1 unspecified atom stereocenters. The number of phenols is 1. The number of cyclic esters (lactones) is 1. The van der Waals surface area contributed by atoms with Crippen LogP contribution >= 0.6 is 0 Å². The highest BCUT2D eigenvalue weighted by molar-refractivity contribution is 5.90. The molecule has 3 aromatic rings. The van der Waals surface area contributed by atoms with Gasteiger partial charge in [0, 0.05) is 29.3 Å². The number of ether oxygens (including phenoxy) is 1. The maximum Gasteiger partial charge on any atom is 0.414 e. The first-order chi connectivity index (χ1) is 15.5. The van der Waals surface area contributed by atoms with Gasteiger partial charge in [0.05, 0.1) is 13.1 Å². The van der Waals surface area contributed by atoms with Crippen LogP contribution in [0.3, 0.4) is 0 Å². The third-order valence-electron chi connectivity index (χ3n) is 5.90. The molecule has 1 fully saturated rings. The zero-order valence-electron chi connectivity index (χ0n) is 17.6. The molecule has 2 heterocycles. The molecule has 8 nitrogen and oxygen atoms in total. The monoisotopic (exact) mass is 433 g/mol. The fraction of sp³-hybridized carbons (Fsp3) is 0.292. The van der Waals surface area contributed by atoms with Gasteiger partial charge in [0.2, 0.25) is 5.91 Å². The highest BCUT2D eigenvalue weighted by atomic mass is 16.6. The second-order valence-electron chi connectivity index (χ2n) is 8.13. The average molecular weight is 433 g/mol. The Morgan fingerprint density at radius 3 is 2.81 bits per heavy atom. The van der Waals surface area contributed by atoms with Crippen molar-refractivity contribution in [3.05, 3.63) is 53.6 Å². The van der Waals surface area contributed by atoms with E-state index in [1.165, 1.54) is 6.92 Å². The molecule has 2 aromatic carbocycles. The minimum absolute atomic E-state index is 0.154. The number of amides is 2. The second kappa shape index (κ2) is 8.03. The molecule has 1 atom stereocenters. The molecule has 0 spiro atoms. The summed E-state index contributed by atoms with van der Waals surface area (Å²) >= 11 is 0. The van der Waals surface area contributed by atoms with Crippen molar-refractivity contribution in [3.63, 3.8) is 0 Å². The van der Waals surface area contributed by atoms with Gasteiger partial charge in [-0.2, -0.15) is 0 Å². The van der Waals surface area contributed by atoms with Gasteiger partial charge in [-0.05, 0) is 67.3 Å². The summed E-state index contributed by atoms with van der Waals surface area (Å²) in [6.45, 7) is 2.12. The van der Waals surface area contributed by atoms with Crippen LogP contribution in [-0.4, -0.2) is 41.5 Å². The van der Waals surface area contributed by atoms with Crippen LogP contribution < -0.4 is 10.2 Å². The number of hydrogen-bond donors (Lipinski definition) is 2. The number of carbonyl (C=O) groups excluding carboxylic acids is 2. The smallest absolute Gasteiger partial charge is 0.414 e. The molecule has 1 aliphatic heterocycles. The zero-order chi connectivity index (χ0) is 22.2. The topological polar surface area (TPSA) is 105 Å². The molecule has 2 amide bonds. The lowest BCUT2D eigenvalue weighted by Crippen LogP contribution is -2.33. The predicted molar refractivity (Wildman–Crippen MR) is 117 cm³/mol. The standard InChI is InChI=1S/C24H23N3O5/c1-14(28)25-12-19-13-27(24(30)31-19)17-7-10-20-16(11-17)3-2-4-21-22(26-32-23(20)21)15-5-8-18(29)9-6-15/h5-11,19,29H,2-4,12-13H2,1H3,(H,25,28). The molecule has 32 heavy (non-hydrogen) atoms. The van der Waals surface area contributed by atoms with Crippen LogP contribution in [0.4, 0.5) is 10.5 Å². The maximum atomic E-state index is 12.4. The van der Waals surface area contributed by atoms with Crippen LogP contribution in [0.25, 0.3) is 22.6 Å². The lowest BCUT2D eigenvalue weighted by Gasteiger charge is -2.15. The van der Waals surface area contributed by atoms with Gasteiger partial charge in [0.1, 0.15) is 17.5 Å². The summed E-state index contributed by atoms with van der Waals surface area (Å²) in [4.78, 5) is 25.1. The second-order valence-corrected chi connectivity index (χ2v) is 8.13. The van der Waals surface area contributed by atoms with E-state index in [0.717, 1.165) is 58.7 Å². The third kappa shape index (κ3) is 3.68. The van der Waals surface area contributed by atoms with Crippen LogP contribution in [0, 0.1) is 0 Å². The van der Waals surface area contributed by atoms with E-state index < -0.39 is 6.09 Å². The first-order valence-electron chi connectivity index (χ1n) is 10.6. The van der Waals surface area contributed by atoms with E-state index >= 15 is 0 Å². The highest BCUT2D eigenvalue weighted by Gasteiger charge is 2.33. The Morgan fingerprint density at radius 1 is 1.22 bits per heavy atom. The number of carbonyl (C=O) groups is 2. The van der Waals surface area contributed by atoms with Gasteiger partial charge in [-0.3, -0.25) is 9.69 Å². The van der Waals surface area contributed by atoms with Gasteiger partial charge < -0.3 is 19.7 Å². The van der Waals surface area contributed by atoms with Crippen molar-refractivity contribution in [1.82, 2.24) is 10.5 Å². The van der Waals surface area contributed by atoms with Gasteiger partial charge >= 0.3 is 6.09 Å². The minimum atomic E-state index is -0.413. The van der Waals surface area contributed by atoms with Crippen molar-refractivity contribution in [3.8, 4) is 28.3 Å². The number of aromatic nitrogens is 1. The van der Waals surface area contributed by atoms with Gasteiger partial charge in [-0.15, -0.1) is 0 Å². The fourth-order valence-corrected chi connectivity index (χ4v) is 4.33. The van der Waals surface area contributed by atoms with E-state index in [0.29, 0.717) is 13.1 Å². The predicted octanol–water partition coefficient (Wildman–Crippen LogP) is 3.66. The number of phenolic OH excluding ortho intramolecular Hbond substituents is 1. The van der Waals surface area contributed by atoms with E-state index in [-0.39, 0.29) is 17.8 Å². The van der Waals surface area contributed by atoms with Crippen LogP contribution in [-0.2, 0) is 22.4 Å². The Hall–Kier alpha value is -3.81. The van der Waals surface area contributed by atoms with Crippen LogP contribution in [0.5, 0.6) is 5.75 Å². The number of nitrogens with zero attached hydrogens (tertiary/aromatic N) is 2. The normalized spacial score (nSPS) is 17.3. The van der Waals surface area contributed by atoms with Crippen molar-refractivity contribution in [2.75, 3.05) is 18.0 Å². The van der Waals surface area contributed by atoms with Crippen molar-refractivity contribution in [2.24, 2.45) is 0 Å². The lowest BCUT2D eigenvalue weighted by atomic mass is 10.00. The highest BCUT2D eigenvalue weighted by Crippen LogP contribution is 2.39. The Bertz CT molecular complexity index is 1180. The molecular formula is C24H23N3O5. The molecule has 1 aliphatic carbocycles. The summed E-state index contributed by atoms with van der Waals surface area (Å²) in [6.07, 6.45) is 1.80. The van der Waals surface area contributed by atoms with Crippen LogP contribution in [0.15, 0.2) is 47.0 Å². The van der Waals surface area contributed by atoms with Gasteiger partial charge in [0.15, 0.2) is 5.76 Å². The molecule has 0 radical (unpaired) electrons. The third-order valence-corrected chi connectivity index (χ3v) is 5.90. The number of benzene rings is 2. The molecule has 2 N–H and O–H groups in total. The van der Waals surface area contributed by atoms with Gasteiger partial charge in [0.25, 0.3) is 0 Å². The van der Waals surface area contributed by atoms with Crippen molar-refractivity contribution < 1.29 is 24.0 Å². The van der Waals surface area contributed by atoms with Gasteiger partial charge in [-0.25, -0.2) is 4.79 Å². The Labute approximate surface area is 184 Å². The van der Waals surface area contributed by atoms with E-state index in [2.05, 4.69) is 10.5 Å². The molecule has 8 heteroatoms. The van der Waals surface area contributed by atoms with Crippen LogP contribution in [0.2, 0.25) is 0 Å². The first-order valence-corrected chi connectivity index (χ1v) is 10.6. The number of aromatic hydroxyl groups is 1. The quantitative estimate of drug-likeness (QED) is 0.651. The lowest BCUT2D eigenvalue weighted by molar-refractivity contribution is -0.119. The number of rotatable bonds is 4. The SMILES string of the molecule is CC(=O)NCC1CN(c2ccc3c(c2)CCCc2c(-c4ccc(O)cc4)noc2-3)C(=O)O1. The largest absolute Gasteiger partial charge is 0.508 e. The number of aryl methyl sites for hydroxylation is 1. The molecule has 1 aromatic heterocycles. The minimum Gasteiger partial charge on any atom is -0.508 e.